The summed E-state index contributed by atoms with van der Waals surface area (Å²) in [5.41, 5.74) is 2.74. The van der Waals surface area contributed by atoms with E-state index in [0.29, 0.717) is 11.1 Å². The van der Waals surface area contributed by atoms with Gasteiger partial charge in [0.15, 0.2) is 0 Å². The van der Waals surface area contributed by atoms with Gasteiger partial charge in [0, 0.05) is 18.3 Å². The molecule has 0 radical (unpaired) electrons. The molecule has 2 unspecified atom stereocenters. The number of carbonyl (C=O) groups excluding carboxylic acids is 1. The van der Waals surface area contributed by atoms with Gasteiger partial charge in [-0.3, -0.25) is 9.78 Å². The minimum atomic E-state index is -0.290. The molecule has 2 aliphatic rings. The van der Waals surface area contributed by atoms with Crippen molar-refractivity contribution in [1.82, 2.24) is 20.2 Å². The fraction of sp³-hybridized carbons (Fsp3) is 0.240. The predicted molar refractivity (Wildman–Crippen MR) is 128 cm³/mol. The Balaban J connectivity index is 1.24. The summed E-state index contributed by atoms with van der Waals surface area (Å²) < 4.78 is 17.0. The van der Waals surface area contributed by atoms with E-state index in [0.717, 1.165) is 47.6 Å². The maximum atomic E-state index is 13.4. The van der Waals surface area contributed by atoms with Crippen LogP contribution in [0.2, 0.25) is 0 Å². The molecule has 1 aliphatic carbocycles. The molecular formula is C25H21N5O4S. The molecule has 4 aromatic rings. The fourth-order valence-electron chi connectivity index (χ4n) is 4.55. The van der Waals surface area contributed by atoms with E-state index in [9.17, 15) is 4.79 Å². The molecular weight excluding hydrogens is 466 g/mol. The zero-order chi connectivity index (χ0) is 23.6. The van der Waals surface area contributed by atoms with Gasteiger partial charge in [-0.2, -0.15) is 5.10 Å². The standard InChI is InChI=1S/C25H21N5O4S/c31-21(15-35-25-28-27-24(34-25)17-6-2-10-26-14-17)30-23(20-9-4-12-33-20)19-8-1-5-16(22(19)29-30)13-18-7-3-11-32-18/h2-4,6-7,9-14,19,23H,1,5,8,15H2/b16-13-. The molecule has 0 spiro atoms. The average Bonchev–Trinajstić information content (AvgIpc) is 3.69. The molecule has 176 valence electrons. The number of fused-ring (bicyclic) bond motifs is 1. The number of allylic oxidation sites excluding steroid dienone is 1. The lowest BCUT2D eigenvalue weighted by Gasteiger charge is -2.27. The van der Waals surface area contributed by atoms with Gasteiger partial charge in [-0.25, -0.2) is 5.01 Å². The second-order valence-corrected chi connectivity index (χ2v) is 9.20. The van der Waals surface area contributed by atoms with Crippen molar-refractivity contribution >= 4 is 29.5 Å². The van der Waals surface area contributed by atoms with Crippen LogP contribution in [0, 0.1) is 5.92 Å². The Morgan fingerprint density at radius 3 is 2.86 bits per heavy atom. The number of pyridine rings is 1. The molecule has 1 fully saturated rings. The molecule has 35 heavy (non-hydrogen) atoms. The first-order valence-electron chi connectivity index (χ1n) is 11.3. The summed E-state index contributed by atoms with van der Waals surface area (Å²) in [7, 11) is 0. The highest BCUT2D eigenvalue weighted by atomic mass is 32.2. The molecule has 1 saturated carbocycles. The third kappa shape index (κ3) is 4.32. The predicted octanol–water partition coefficient (Wildman–Crippen LogP) is 5.23. The number of carbonyl (C=O) groups is 1. The molecule has 10 heteroatoms. The van der Waals surface area contributed by atoms with Crippen LogP contribution in [0.25, 0.3) is 17.5 Å². The van der Waals surface area contributed by atoms with Crippen molar-refractivity contribution in [3.63, 3.8) is 0 Å². The first kappa shape index (κ1) is 21.6. The minimum absolute atomic E-state index is 0.0608. The summed E-state index contributed by atoms with van der Waals surface area (Å²) >= 11 is 1.19. The molecule has 0 bridgehead atoms. The first-order chi connectivity index (χ1) is 17.3. The topological polar surface area (TPSA) is 111 Å². The number of hydrogen-bond acceptors (Lipinski definition) is 9. The van der Waals surface area contributed by atoms with Crippen molar-refractivity contribution in [3.05, 3.63) is 78.4 Å². The fourth-order valence-corrected chi connectivity index (χ4v) is 5.17. The lowest BCUT2D eigenvalue weighted by Crippen LogP contribution is -2.32. The van der Waals surface area contributed by atoms with Crippen LogP contribution >= 0.6 is 11.8 Å². The van der Waals surface area contributed by atoms with Crippen molar-refractivity contribution < 1.29 is 18.0 Å². The SMILES string of the molecule is O=C(CSc1nnc(-c2cccnc2)o1)N1N=C2/C(=C\c3ccco3)CCCC2C1c1ccco1. The molecule has 5 heterocycles. The lowest BCUT2D eigenvalue weighted by atomic mass is 9.79. The smallest absolute Gasteiger partial charge is 0.277 e. The zero-order valence-electron chi connectivity index (χ0n) is 18.6. The summed E-state index contributed by atoms with van der Waals surface area (Å²) in [6, 6.07) is 10.9. The van der Waals surface area contributed by atoms with E-state index in [1.54, 1.807) is 36.0 Å². The van der Waals surface area contributed by atoms with Crippen LogP contribution in [0.15, 0.2) is 90.5 Å². The highest BCUT2D eigenvalue weighted by Gasteiger charge is 2.45. The van der Waals surface area contributed by atoms with Gasteiger partial charge in [0.25, 0.3) is 11.1 Å². The lowest BCUT2D eigenvalue weighted by molar-refractivity contribution is -0.131. The van der Waals surface area contributed by atoms with E-state index in [4.69, 9.17) is 18.4 Å². The van der Waals surface area contributed by atoms with Gasteiger partial charge in [-0.1, -0.05) is 11.8 Å². The second kappa shape index (κ2) is 9.38. The minimum Gasteiger partial charge on any atom is -0.467 e. The molecule has 1 amide bonds. The van der Waals surface area contributed by atoms with Crippen molar-refractivity contribution in [2.24, 2.45) is 11.0 Å². The van der Waals surface area contributed by atoms with E-state index < -0.39 is 0 Å². The molecule has 0 aromatic carbocycles. The number of rotatable bonds is 6. The van der Waals surface area contributed by atoms with E-state index in [1.807, 2.05) is 36.4 Å². The molecule has 0 saturated heterocycles. The number of hydrogen-bond donors (Lipinski definition) is 0. The first-order valence-corrected chi connectivity index (χ1v) is 12.3. The third-order valence-corrected chi connectivity index (χ3v) is 6.89. The van der Waals surface area contributed by atoms with Crippen LogP contribution in [0.4, 0.5) is 0 Å². The van der Waals surface area contributed by atoms with Crippen LogP contribution < -0.4 is 0 Å². The number of thioether (sulfide) groups is 1. The maximum Gasteiger partial charge on any atom is 0.277 e. The number of hydrazone groups is 1. The van der Waals surface area contributed by atoms with Gasteiger partial charge in [-0.15, -0.1) is 10.2 Å². The summed E-state index contributed by atoms with van der Waals surface area (Å²) in [5.74, 6) is 1.87. The van der Waals surface area contributed by atoms with Crippen LogP contribution in [0.5, 0.6) is 0 Å². The summed E-state index contributed by atoms with van der Waals surface area (Å²) in [6.07, 6.45) is 11.4. The van der Waals surface area contributed by atoms with Crippen molar-refractivity contribution in [2.75, 3.05) is 5.75 Å². The van der Waals surface area contributed by atoms with E-state index in [2.05, 4.69) is 15.2 Å². The van der Waals surface area contributed by atoms with E-state index >= 15 is 0 Å². The zero-order valence-corrected chi connectivity index (χ0v) is 19.4. The van der Waals surface area contributed by atoms with E-state index in [-0.39, 0.29) is 23.6 Å². The van der Waals surface area contributed by atoms with Gasteiger partial charge >= 0.3 is 0 Å². The third-order valence-electron chi connectivity index (χ3n) is 6.09. The molecule has 2 atom stereocenters. The Bertz CT molecular complexity index is 1360. The maximum absolute atomic E-state index is 13.4. The Morgan fingerprint density at radius 1 is 1.14 bits per heavy atom. The van der Waals surface area contributed by atoms with E-state index in [1.165, 1.54) is 11.8 Å². The molecule has 4 aromatic heterocycles. The quantitative estimate of drug-likeness (QED) is 0.340. The Hall–Kier alpha value is -3.92. The Kier molecular flexibility index (Phi) is 5.79. The summed E-state index contributed by atoms with van der Waals surface area (Å²) in [6.45, 7) is 0. The Labute approximate surface area is 204 Å². The number of nitrogens with zero attached hydrogens (tertiary/aromatic N) is 5. The van der Waals surface area contributed by atoms with Crippen molar-refractivity contribution in [3.8, 4) is 11.5 Å². The summed E-state index contributed by atoms with van der Waals surface area (Å²) in [5, 5.41) is 14.8. The van der Waals surface area contributed by atoms with Gasteiger partial charge < -0.3 is 13.3 Å². The van der Waals surface area contributed by atoms with Gasteiger partial charge in [0.2, 0.25) is 5.89 Å². The Morgan fingerprint density at radius 2 is 2.06 bits per heavy atom. The van der Waals surface area contributed by atoms with Crippen molar-refractivity contribution in [2.45, 2.75) is 30.5 Å². The van der Waals surface area contributed by atoms with Crippen molar-refractivity contribution in [1.29, 1.82) is 0 Å². The summed E-state index contributed by atoms with van der Waals surface area (Å²) in [4.78, 5) is 17.5. The van der Waals surface area contributed by atoms with Crippen LogP contribution in [0.1, 0.15) is 36.8 Å². The number of amides is 1. The molecule has 1 aliphatic heterocycles. The molecule has 6 rings (SSSR count). The van der Waals surface area contributed by atoms with Crippen LogP contribution in [0.3, 0.4) is 0 Å². The average molecular weight is 488 g/mol. The molecule has 9 nitrogen and oxygen atoms in total. The largest absolute Gasteiger partial charge is 0.467 e. The van der Waals surface area contributed by atoms with Crippen LogP contribution in [-0.2, 0) is 4.79 Å². The van der Waals surface area contributed by atoms with Gasteiger partial charge in [-0.05, 0) is 67.3 Å². The molecule has 0 N–H and O–H groups in total. The highest BCUT2D eigenvalue weighted by Crippen LogP contribution is 2.44. The number of aromatic nitrogens is 3. The second-order valence-electron chi connectivity index (χ2n) is 8.27. The number of furan rings is 2. The van der Waals surface area contributed by atoms with Gasteiger partial charge in [0.1, 0.15) is 17.6 Å². The van der Waals surface area contributed by atoms with Gasteiger partial charge in [0.05, 0.1) is 29.6 Å². The monoisotopic (exact) mass is 487 g/mol. The normalized spacial score (nSPS) is 20.7. The highest BCUT2D eigenvalue weighted by molar-refractivity contribution is 7.99. The van der Waals surface area contributed by atoms with Crippen LogP contribution in [-0.4, -0.2) is 37.6 Å².